The minimum Gasteiger partial charge on any atom is -0.465 e. The predicted octanol–water partition coefficient (Wildman–Crippen LogP) is 1.76. The lowest BCUT2D eigenvalue weighted by Gasteiger charge is -2.14. The zero-order valence-electron chi connectivity index (χ0n) is 10.8. The third-order valence-electron chi connectivity index (χ3n) is 2.51. The van der Waals surface area contributed by atoms with E-state index < -0.39 is 0 Å². The molecule has 0 aliphatic heterocycles. The monoisotopic (exact) mass is 251 g/mol. The first-order chi connectivity index (χ1) is 8.69. The summed E-state index contributed by atoms with van der Waals surface area (Å²) in [7, 11) is 1.66. The lowest BCUT2D eigenvalue weighted by Crippen LogP contribution is -2.25. The van der Waals surface area contributed by atoms with Gasteiger partial charge in [-0.25, -0.2) is 0 Å². The Morgan fingerprint density at radius 1 is 1.39 bits per heavy atom. The van der Waals surface area contributed by atoms with E-state index in [1.807, 2.05) is 19.1 Å². The highest BCUT2D eigenvalue weighted by Gasteiger charge is 2.15. The van der Waals surface area contributed by atoms with Crippen molar-refractivity contribution < 1.29 is 13.7 Å². The molecule has 1 atom stereocenters. The van der Waals surface area contributed by atoms with Gasteiger partial charge in [0.25, 0.3) is 0 Å². The average molecular weight is 251 g/mol. The molecule has 98 valence electrons. The fourth-order valence-corrected chi connectivity index (χ4v) is 1.68. The molecule has 0 spiro atoms. The standard InChI is InChI=1S/C12H17N3O3/c1-8-4-5-11(17-8)10(7-16-3)13-6-12-14-9(2)18-15-12/h4-5,10,13H,6-7H2,1-3H3/t10-/m1/s1. The lowest BCUT2D eigenvalue weighted by atomic mass is 10.2. The summed E-state index contributed by atoms with van der Waals surface area (Å²) in [5.41, 5.74) is 0. The van der Waals surface area contributed by atoms with Gasteiger partial charge in [-0.1, -0.05) is 5.16 Å². The van der Waals surface area contributed by atoms with Crippen molar-refractivity contribution in [2.75, 3.05) is 13.7 Å². The molecule has 2 aromatic rings. The van der Waals surface area contributed by atoms with E-state index in [2.05, 4.69) is 15.5 Å². The quantitative estimate of drug-likeness (QED) is 0.843. The van der Waals surface area contributed by atoms with Crippen LogP contribution in [0.4, 0.5) is 0 Å². The van der Waals surface area contributed by atoms with Crippen molar-refractivity contribution in [1.29, 1.82) is 0 Å². The van der Waals surface area contributed by atoms with Gasteiger partial charge >= 0.3 is 0 Å². The van der Waals surface area contributed by atoms with Crippen LogP contribution < -0.4 is 5.32 Å². The van der Waals surface area contributed by atoms with Gasteiger partial charge in [0.05, 0.1) is 19.2 Å². The summed E-state index contributed by atoms with van der Waals surface area (Å²) in [6, 6.07) is 3.84. The van der Waals surface area contributed by atoms with Crippen LogP contribution in [0, 0.1) is 13.8 Å². The molecule has 0 amide bonds. The number of rotatable bonds is 6. The molecule has 0 saturated heterocycles. The highest BCUT2D eigenvalue weighted by Crippen LogP contribution is 2.17. The van der Waals surface area contributed by atoms with Crippen LogP contribution in [0.5, 0.6) is 0 Å². The van der Waals surface area contributed by atoms with Gasteiger partial charge in [-0.05, 0) is 19.1 Å². The Labute approximate surface area is 105 Å². The fourth-order valence-electron chi connectivity index (χ4n) is 1.68. The van der Waals surface area contributed by atoms with Crippen molar-refractivity contribution in [3.63, 3.8) is 0 Å². The van der Waals surface area contributed by atoms with Crippen molar-refractivity contribution >= 4 is 0 Å². The molecule has 6 heteroatoms. The Hall–Kier alpha value is -1.66. The molecule has 2 rings (SSSR count). The van der Waals surface area contributed by atoms with Gasteiger partial charge in [0.15, 0.2) is 5.82 Å². The number of hydrogen-bond acceptors (Lipinski definition) is 6. The van der Waals surface area contributed by atoms with E-state index in [1.54, 1.807) is 14.0 Å². The van der Waals surface area contributed by atoms with Gasteiger partial charge in [-0.3, -0.25) is 5.32 Å². The number of hydrogen-bond donors (Lipinski definition) is 1. The molecule has 0 unspecified atom stereocenters. The Kier molecular flexibility index (Phi) is 4.11. The molecule has 2 heterocycles. The Morgan fingerprint density at radius 3 is 2.78 bits per heavy atom. The first-order valence-corrected chi connectivity index (χ1v) is 5.77. The van der Waals surface area contributed by atoms with Crippen LogP contribution >= 0.6 is 0 Å². The van der Waals surface area contributed by atoms with E-state index in [-0.39, 0.29) is 6.04 Å². The number of aryl methyl sites for hydroxylation is 2. The minimum atomic E-state index is -0.0255. The summed E-state index contributed by atoms with van der Waals surface area (Å²) < 4.78 is 15.7. The summed E-state index contributed by atoms with van der Waals surface area (Å²) >= 11 is 0. The van der Waals surface area contributed by atoms with Crippen molar-refractivity contribution in [1.82, 2.24) is 15.5 Å². The maximum atomic E-state index is 5.59. The minimum absolute atomic E-state index is 0.0255. The molecule has 1 N–H and O–H groups in total. The van der Waals surface area contributed by atoms with E-state index in [9.17, 15) is 0 Å². The third-order valence-corrected chi connectivity index (χ3v) is 2.51. The largest absolute Gasteiger partial charge is 0.465 e. The first kappa shape index (κ1) is 12.8. The van der Waals surface area contributed by atoms with Crippen molar-refractivity contribution in [2.45, 2.75) is 26.4 Å². The summed E-state index contributed by atoms with van der Waals surface area (Å²) in [5, 5.41) is 7.10. The molecule has 6 nitrogen and oxygen atoms in total. The predicted molar refractivity (Wildman–Crippen MR) is 63.9 cm³/mol. The first-order valence-electron chi connectivity index (χ1n) is 5.77. The SMILES string of the molecule is COC[C@@H](NCc1noc(C)n1)c1ccc(C)o1. The molecule has 0 aliphatic rings. The summed E-state index contributed by atoms with van der Waals surface area (Å²) in [6.07, 6.45) is 0. The van der Waals surface area contributed by atoms with E-state index in [0.717, 1.165) is 11.5 Å². The number of methoxy groups -OCH3 is 1. The summed E-state index contributed by atoms with van der Waals surface area (Å²) in [4.78, 5) is 4.13. The van der Waals surface area contributed by atoms with Gasteiger partial charge in [0, 0.05) is 14.0 Å². The van der Waals surface area contributed by atoms with Gasteiger partial charge in [0.2, 0.25) is 5.89 Å². The Bertz CT molecular complexity index is 492. The van der Waals surface area contributed by atoms with Crippen LogP contribution in [0.2, 0.25) is 0 Å². The Balaban J connectivity index is 1.98. The van der Waals surface area contributed by atoms with Crippen LogP contribution in [0.1, 0.15) is 29.3 Å². The van der Waals surface area contributed by atoms with E-state index >= 15 is 0 Å². The molecule has 2 aromatic heterocycles. The Morgan fingerprint density at radius 2 is 2.22 bits per heavy atom. The van der Waals surface area contributed by atoms with Crippen molar-refractivity contribution in [3.05, 3.63) is 35.4 Å². The second kappa shape index (κ2) is 5.79. The number of aromatic nitrogens is 2. The van der Waals surface area contributed by atoms with Crippen LogP contribution in [0.3, 0.4) is 0 Å². The highest BCUT2D eigenvalue weighted by molar-refractivity contribution is 5.10. The number of furan rings is 1. The van der Waals surface area contributed by atoms with Gasteiger partial charge < -0.3 is 13.7 Å². The molecule has 0 fully saturated rings. The highest BCUT2D eigenvalue weighted by atomic mass is 16.5. The van der Waals surface area contributed by atoms with Crippen LogP contribution in [-0.4, -0.2) is 23.9 Å². The maximum absolute atomic E-state index is 5.59. The van der Waals surface area contributed by atoms with Crippen LogP contribution in [-0.2, 0) is 11.3 Å². The molecular formula is C12H17N3O3. The molecule has 0 radical (unpaired) electrons. The van der Waals surface area contributed by atoms with Gasteiger partial charge in [0.1, 0.15) is 11.5 Å². The lowest BCUT2D eigenvalue weighted by molar-refractivity contribution is 0.155. The molecule has 18 heavy (non-hydrogen) atoms. The van der Waals surface area contributed by atoms with E-state index in [4.69, 9.17) is 13.7 Å². The molecular weight excluding hydrogens is 234 g/mol. The van der Waals surface area contributed by atoms with Crippen molar-refractivity contribution in [3.8, 4) is 0 Å². The zero-order chi connectivity index (χ0) is 13.0. The number of ether oxygens (including phenoxy) is 1. The van der Waals surface area contributed by atoms with Gasteiger partial charge in [-0.15, -0.1) is 0 Å². The molecule has 0 bridgehead atoms. The van der Waals surface area contributed by atoms with E-state index in [1.165, 1.54) is 0 Å². The normalized spacial score (nSPS) is 12.8. The summed E-state index contributed by atoms with van der Waals surface area (Å²) in [6.45, 7) is 4.70. The number of nitrogens with one attached hydrogen (secondary N) is 1. The fraction of sp³-hybridized carbons (Fsp3) is 0.500. The second-order valence-electron chi connectivity index (χ2n) is 4.07. The average Bonchev–Trinajstić information content (AvgIpc) is 2.94. The molecule has 0 saturated carbocycles. The maximum Gasteiger partial charge on any atom is 0.223 e. The van der Waals surface area contributed by atoms with E-state index in [0.29, 0.717) is 24.9 Å². The van der Waals surface area contributed by atoms with Crippen LogP contribution in [0.25, 0.3) is 0 Å². The van der Waals surface area contributed by atoms with Crippen molar-refractivity contribution in [2.24, 2.45) is 0 Å². The third kappa shape index (κ3) is 3.18. The molecule has 0 aliphatic carbocycles. The smallest absolute Gasteiger partial charge is 0.223 e. The van der Waals surface area contributed by atoms with Crippen LogP contribution in [0.15, 0.2) is 21.1 Å². The zero-order valence-corrected chi connectivity index (χ0v) is 10.8. The van der Waals surface area contributed by atoms with Gasteiger partial charge in [-0.2, -0.15) is 4.98 Å². The number of nitrogens with zero attached hydrogens (tertiary/aromatic N) is 2. The topological polar surface area (TPSA) is 73.3 Å². The second-order valence-corrected chi connectivity index (χ2v) is 4.07. The molecule has 0 aromatic carbocycles. The summed E-state index contributed by atoms with van der Waals surface area (Å²) in [5.74, 6) is 2.90.